The first-order valence-electron chi connectivity index (χ1n) is 18.7. The van der Waals surface area contributed by atoms with Crippen LogP contribution in [0.5, 0.6) is 0 Å². The SMILES string of the molecule is C#COCC(O)C(O)C(O)C(O)CN(C)C(C(=O)NC(C(=O)N(C)C(C(C)CC)C(CC(=O)N1CCCC1C(OC)C(C)C)OC)C(C)C)C(C)C. The number of hydrogen-bond donors (Lipinski definition) is 5. The van der Waals surface area contributed by atoms with Crippen molar-refractivity contribution in [2.75, 3.05) is 48.0 Å². The second-order valence-corrected chi connectivity index (χ2v) is 15.4. The molecule has 11 atom stereocenters. The van der Waals surface area contributed by atoms with Gasteiger partial charge in [0, 0.05) is 34.4 Å². The van der Waals surface area contributed by atoms with Crippen LogP contribution in [0.1, 0.15) is 81.1 Å². The molecule has 1 rings (SSSR count). The maximum Gasteiger partial charge on any atom is 0.245 e. The highest BCUT2D eigenvalue weighted by Crippen LogP contribution is 2.29. The number of hydrogen-bond acceptors (Lipinski definition) is 11. The number of ether oxygens (including phenoxy) is 3. The van der Waals surface area contributed by atoms with E-state index < -0.39 is 61.2 Å². The number of aliphatic hydroxyl groups excluding tert-OH is 4. The van der Waals surface area contributed by atoms with Crippen molar-refractivity contribution in [1.82, 2.24) is 20.0 Å². The van der Waals surface area contributed by atoms with Gasteiger partial charge in [0.05, 0.1) is 42.9 Å². The number of aliphatic hydroxyl groups is 4. The standard InChI is InChI=1S/C38H70N4O10/c1-14-25(9)33(29(50-12)19-30(45)42-18-16-17-26(42)36(51-13)24(7)8)41(11)38(49)31(22(3)4)39-37(48)32(23(5)6)40(10)20-27(43)34(46)35(47)28(44)21-52-15-2/h2,22-29,31-36,43-44,46-47H,14,16-21H2,1,3-13H3,(H,39,48). The van der Waals surface area contributed by atoms with Crippen LogP contribution in [0.25, 0.3) is 0 Å². The molecule has 0 bridgehead atoms. The summed E-state index contributed by atoms with van der Waals surface area (Å²) in [6.45, 7) is 15.5. The summed E-state index contributed by atoms with van der Waals surface area (Å²) in [7, 11) is 6.51. The second kappa shape index (κ2) is 22.6. The first-order valence-corrected chi connectivity index (χ1v) is 18.7. The Morgan fingerprint density at radius 3 is 2.00 bits per heavy atom. The summed E-state index contributed by atoms with van der Waals surface area (Å²) in [5.41, 5.74) is 0. The second-order valence-electron chi connectivity index (χ2n) is 15.4. The topological polar surface area (TPSA) is 182 Å². The fraction of sp³-hybridized carbons (Fsp3) is 0.868. The first-order chi connectivity index (χ1) is 24.3. The van der Waals surface area contributed by atoms with E-state index in [1.54, 1.807) is 33.2 Å². The van der Waals surface area contributed by atoms with E-state index in [2.05, 4.69) is 23.9 Å². The number of terminal acetylenes is 1. The number of likely N-dealkylation sites (N-methyl/N-ethyl adjacent to an activating group) is 2. The molecule has 11 unspecified atom stereocenters. The van der Waals surface area contributed by atoms with Crippen molar-refractivity contribution >= 4 is 17.7 Å². The average Bonchev–Trinajstić information content (AvgIpc) is 3.57. The van der Waals surface area contributed by atoms with Gasteiger partial charge in [0.15, 0.2) is 0 Å². The van der Waals surface area contributed by atoms with Crippen LogP contribution in [-0.2, 0) is 28.6 Å². The van der Waals surface area contributed by atoms with Gasteiger partial charge in [-0.25, -0.2) is 0 Å². The van der Waals surface area contributed by atoms with Gasteiger partial charge in [0.25, 0.3) is 0 Å². The number of rotatable bonds is 23. The molecule has 1 aliphatic rings. The summed E-state index contributed by atoms with van der Waals surface area (Å²) in [5, 5.41) is 44.5. The molecule has 0 spiro atoms. The van der Waals surface area contributed by atoms with E-state index in [9.17, 15) is 34.8 Å². The van der Waals surface area contributed by atoms with E-state index in [1.165, 1.54) is 4.90 Å². The quantitative estimate of drug-likeness (QED) is 0.0946. The van der Waals surface area contributed by atoms with Gasteiger partial charge in [-0.3, -0.25) is 19.3 Å². The lowest BCUT2D eigenvalue weighted by Crippen LogP contribution is -2.60. The number of carbonyl (C=O) groups is 3. The number of methoxy groups -OCH3 is 2. The molecular weight excluding hydrogens is 672 g/mol. The van der Waals surface area contributed by atoms with Crippen molar-refractivity contribution in [3.63, 3.8) is 0 Å². The molecule has 52 heavy (non-hydrogen) atoms. The average molecular weight is 743 g/mol. The Kier molecular flexibility index (Phi) is 20.7. The molecule has 0 aliphatic carbocycles. The molecular formula is C38H70N4O10. The third-order valence-corrected chi connectivity index (χ3v) is 10.6. The largest absolute Gasteiger partial charge is 0.444 e. The Bertz CT molecular complexity index is 1130. The van der Waals surface area contributed by atoms with Crippen molar-refractivity contribution in [3.05, 3.63) is 0 Å². The van der Waals surface area contributed by atoms with Gasteiger partial charge in [0.1, 0.15) is 37.1 Å². The minimum atomic E-state index is -1.76. The minimum Gasteiger partial charge on any atom is -0.444 e. The maximum atomic E-state index is 14.3. The monoisotopic (exact) mass is 743 g/mol. The van der Waals surface area contributed by atoms with Crippen molar-refractivity contribution in [2.24, 2.45) is 23.7 Å². The van der Waals surface area contributed by atoms with E-state index >= 15 is 0 Å². The molecule has 1 saturated heterocycles. The molecule has 302 valence electrons. The third-order valence-electron chi connectivity index (χ3n) is 10.6. The normalized spacial score (nSPS) is 20.8. The number of nitrogens with zero attached hydrogens (tertiary/aromatic N) is 3. The summed E-state index contributed by atoms with van der Waals surface area (Å²) in [5.74, 6) is -1.22. The van der Waals surface area contributed by atoms with Crippen LogP contribution in [0.3, 0.4) is 0 Å². The first kappa shape index (κ1) is 47.5. The van der Waals surface area contributed by atoms with E-state index in [4.69, 9.17) is 15.9 Å². The van der Waals surface area contributed by atoms with Crippen LogP contribution in [0.2, 0.25) is 0 Å². The summed E-state index contributed by atoms with van der Waals surface area (Å²) in [6.07, 6.45) is 2.12. The minimum absolute atomic E-state index is 0.0292. The Morgan fingerprint density at radius 1 is 0.923 bits per heavy atom. The highest BCUT2D eigenvalue weighted by atomic mass is 16.5. The number of likely N-dealkylation sites (tertiary alicyclic amines) is 1. The van der Waals surface area contributed by atoms with Crippen molar-refractivity contribution < 1.29 is 49.0 Å². The van der Waals surface area contributed by atoms with E-state index in [1.807, 2.05) is 52.5 Å². The number of carbonyl (C=O) groups excluding carboxylic acids is 3. The van der Waals surface area contributed by atoms with Gasteiger partial charge in [-0.15, -0.1) is 0 Å². The van der Waals surface area contributed by atoms with Gasteiger partial charge < -0.3 is 49.8 Å². The summed E-state index contributed by atoms with van der Waals surface area (Å²) < 4.78 is 16.4. The highest BCUT2D eigenvalue weighted by molar-refractivity contribution is 5.90. The lowest BCUT2D eigenvalue weighted by Gasteiger charge is -2.41. The molecule has 0 aromatic carbocycles. The summed E-state index contributed by atoms with van der Waals surface area (Å²) in [6, 6.07) is -2.26. The predicted molar refractivity (Wildman–Crippen MR) is 199 cm³/mol. The Morgan fingerprint density at radius 2 is 1.52 bits per heavy atom. The Balaban J connectivity index is 3.23. The van der Waals surface area contributed by atoms with Crippen LogP contribution in [0.4, 0.5) is 0 Å². The molecule has 1 fully saturated rings. The van der Waals surface area contributed by atoms with Crippen LogP contribution < -0.4 is 5.32 Å². The lowest BCUT2D eigenvalue weighted by atomic mass is 9.89. The molecule has 1 aliphatic heterocycles. The summed E-state index contributed by atoms with van der Waals surface area (Å²) >= 11 is 0. The molecule has 14 nitrogen and oxygen atoms in total. The molecule has 0 radical (unpaired) electrons. The third kappa shape index (κ3) is 12.8. The van der Waals surface area contributed by atoms with Crippen LogP contribution >= 0.6 is 0 Å². The van der Waals surface area contributed by atoms with Crippen LogP contribution in [0.15, 0.2) is 0 Å². The number of amides is 3. The van der Waals surface area contributed by atoms with Gasteiger partial charge in [-0.2, -0.15) is 0 Å². The fourth-order valence-corrected chi connectivity index (χ4v) is 7.52. The lowest BCUT2D eigenvalue weighted by molar-refractivity contribution is -0.147. The molecule has 14 heteroatoms. The molecule has 3 amide bonds. The Labute approximate surface area is 312 Å². The van der Waals surface area contributed by atoms with Gasteiger partial charge >= 0.3 is 0 Å². The van der Waals surface area contributed by atoms with Crippen LogP contribution in [0, 0.1) is 36.2 Å². The fourth-order valence-electron chi connectivity index (χ4n) is 7.52. The maximum absolute atomic E-state index is 14.3. The van der Waals surface area contributed by atoms with E-state index in [0.29, 0.717) is 6.54 Å². The van der Waals surface area contributed by atoms with Crippen molar-refractivity contribution in [1.29, 1.82) is 0 Å². The van der Waals surface area contributed by atoms with E-state index in [-0.39, 0.29) is 60.6 Å². The molecule has 1 heterocycles. The predicted octanol–water partition coefficient (Wildman–Crippen LogP) is 1.07. The zero-order valence-corrected chi connectivity index (χ0v) is 33.7. The molecule has 0 aromatic rings. The molecule has 5 N–H and O–H groups in total. The van der Waals surface area contributed by atoms with Crippen LogP contribution in [-0.4, -0.2) is 162 Å². The van der Waals surface area contributed by atoms with Crippen molar-refractivity contribution in [2.45, 2.75) is 142 Å². The Hall–Kier alpha value is -2.51. The van der Waals surface area contributed by atoms with E-state index in [0.717, 1.165) is 19.3 Å². The number of nitrogens with one attached hydrogen (secondary N) is 1. The summed E-state index contributed by atoms with van der Waals surface area (Å²) in [4.78, 5) is 47.1. The van der Waals surface area contributed by atoms with Gasteiger partial charge in [-0.05, 0) is 43.6 Å². The molecule has 0 aromatic heterocycles. The highest BCUT2D eigenvalue weighted by Gasteiger charge is 2.42. The zero-order valence-electron chi connectivity index (χ0n) is 33.7. The smallest absolute Gasteiger partial charge is 0.245 e. The zero-order chi connectivity index (χ0) is 40.0. The van der Waals surface area contributed by atoms with Gasteiger partial charge in [0.2, 0.25) is 17.7 Å². The molecule has 0 saturated carbocycles. The van der Waals surface area contributed by atoms with Gasteiger partial charge in [-0.1, -0.05) is 68.2 Å². The van der Waals surface area contributed by atoms with Crippen molar-refractivity contribution in [3.8, 4) is 12.5 Å².